The predicted molar refractivity (Wildman–Crippen MR) is 89.7 cm³/mol. The average Bonchev–Trinajstić information content (AvgIpc) is 3.22. The smallest absolute Gasteiger partial charge is 0.191 e. The molecule has 3 rings (SSSR count). The van der Waals surface area contributed by atoms with E-state index in [2.05, 4.69) is 10.2 Å². The van der Waals surface area contributed by atoms with E-state index in [4.69, 9.17) is 5.26 Å². The Morgan fingerprint density at radius 1 is 1.35 bits per heavy atom. The molecule has 2 aromatic heterocycles. The van der Waals surface area contributed by atoms with Gasteiger partial charge in [0.2, 0.25) is 0 Å². The second-order valence-corrected chi connectivity index (χ2v) is 6.62. The second-order valence-electron chi connectivity index (χ2n) is 4.73. The van der Waals surface area contributed by atoms with Gasteiger partial charge in [0.25, 0.3) is 0 Å². The Morgan fingerprint density at radius 3 is 2.91 bits per heavy atom. The van der Waals surface area contributed by atoms with Gasteiger partial charge in [-0.2, -0.15) is 5.26 Å². The van der Waals surface area contributed by atoms with Crippen molar-refractivity contribution in [3.05, 3.63) is 52.7 Å². The van der Waals surface area contributed by atoms with E-state index >= 15 is 0 Å². The maximum Gasteiger partial charge on any atom is 0.191 e. The van der Waals surface area contributed by atoms with Gasteiger partial charge in [0, 0.05) is 12.3 Å². The zero-order valence-electron chi connectivity index (χ0n) is 12.4. The molecule has 0 bridgehead atoms. The van der Waals surface area contributed by atoms with Crippen LogP contribution in [0.15, 0.2) is 40.9 Å². The van der Waals surface area contributed by atoms with E-state index in [1.54, 1.807) is 17.4 Å². The summed E-state index contributed by atoms with van der Waals surface area (Å²) in [5.74, 6) is 0.929. The van der Waals surface area contributed by atoms with Crippen molar-refractivity contribution < 1.29 is 4.39 Å². The highest BCUT2D eigenvalue weighted by molar-refractivity contribution is 7.98. The van der Waals surface area contributed by atoms with Gasteiger partial charge in [-0.15, -0.1) is 21.5 Å². The minimum atomic E-state index is -0.308. The van der Waals surface area contributed by atoms with E-state index in [9.17, 15) is 4.39 Å². The Kier molecular flexibility index (Phi) is 4.74. The van der Waals surface area contributed by atoms with Gasteiger partial charge in [0.1, 0.15) is 5.82 Å². The first-order valence-electron chi connectivity index (χ1n) is 7.01. The topological polar surface area (TPSA) is 54.5 Å². The van der Waals surface area contributed by atoms with E-state index in [1.807, 2.05) is 35.1 Å². The number of aromatic nitrogens is 3. The van der Waals surface area contributed by atoms with Crippen molar-refractivity contribution in [1.82, 2.24) is 14.8 Å². The fourth-order valence-corrected chi connectivity index (χ4v) is 3.86. The van der Waals surface area contributed by atoms with Gasteiger partial charge < -0.3 is 4.57 Å². The first-order valence-corrected chi connectivity index (χ1v) is 8.88. The molecule has 0 spiro atoms. The predicted octanol–water partition coefficient (Wildman–Crippen LogP) is 4.33. The molecule has 0 atom stereocenters. The normalized spacial score (nSPS) is 10.7. The highest BCUT2D eigenvalue weighted by Crippen LogP contribution is 2.29. The van der Waals surface area contributed by atoms with E-state index in [1.165, 1.54) is 23.9 Å². The summed E-state index contributed by atoms with van der Waals surface area (Å²) in [7, 11) is 0. The molecule has 7 heteroatoms. The largest absolute Gasteiger partial charge is 0.302 e. The van der Waals surface area contributed by atoms with Crippen molar-refractivity contribution in [1.29, 1.82) is 5.26 Å². The number of nitriles is 1. The van der Waals surface area contributed by atoms with Crippen LogP contribution in [0.5, 0.6) is 0 Å². The molecule has 0 fully saturated rings. The molecule has 4 nitrogen and oxygen atoms in total. The zero-order valence-corrected chi connectivity index (χ0v) is 14.0. The van der Waals surface area contributed by atoms with Crippen molar-refractivity contribution in [3.63, 3.8) is 0 Å². The third-order valence-electron chi connectivity index (χ3n) is 3.31. The molecule has 0 aliphatic rings. The summed E-state index contributed by atoms with van der Waals surface area (Å²) in [6, 6.07) is 10.4. The zero-order chi connectivity index (χ0) is 16.2. The molecule has 0 amide bonds. The molecular weight excluding hydrogens is 331 g/mol. The van der Waals surface area contributed by atoms with Crippen LogP contribution in [0.3, 0.4) is 0 Å². The lowest BCUT2D eigenvalue weighted by Gasteiger charge is -2.07. The lowest BCUT2D eigenvalue weighted by molar-refractivity contribution is 0.617. The van der Waals surface area contributed by atoms with Gasteiger partial charge in [-0.3, -0.25) is 0 Å². The van der Waals surface area contributed by atoms with Crippen LogP contribution >= 0.6 is 23.1 Å². The first kappa shape index (κ1) is 15.7. The lowest BCUT2D eigenvalue weighted by Crippen LogP contribution is -1.99. The Balaban J connectivity index is 1.83. The number of thioether (sulfide) groups is 1. The first-order chi connectivity index (χ1) is 11.2. The standard InChI is InChI=1S/C16H13FN4S2/c1-2-21-15(14-4-3-7-22-14)19-20-16(21)23-10-12-8-11(9-18)5-6-13(12)17/h3-8H,2,10H2,1H3. The van der Waals surface area contributed by atoms with Crippen molar-refractivity contribution in [2.45, 2.75) is 24.4 Å². The minimum Gasteiger partial charge on any atom is -0.302 e. The number of benzene rings is 1. The Labute approximate surface area is 141 Å². The summed E-state index contributed by atoms with van der Waals surface area (Å²) >= 11 is 3.03. The van der Waals surface area contributed by atoms with Gasteiger partial charge in [-0.25, -0.2) is 4.39 Å². The Hall–Kier alpha value is -2.17. The third kappa shape index (κ3) is 3.28. The van der Waals surface area contributed by atoms with Crippen LogP contribution < -0.4 is 0 Å². The number of halogens is 1. The van der Waals surface area contributed by atoms with E-state index in [-0.39, 0.29) is 5.82 Å². The monoisotopic (exact) mass is 344 g/mol. The molecule has 0 aliphatic carbocycles. The minimum absolute atomic E-state index is 0.308. The molecule has 0 saturated carbocycles. The molecule has 0 aliphatic heterocycles. The van der Waals surface area contributed by atoms with Crippen LogP contribution in [0.4, 0.5) is 4.39 Å². The van der Waals surface area contributed by atoms with Crippen LogP contribution in [0, 0.1) is 17.1 Å². The average molecular weight is 344 g/mol. The van der Waals surface area contributed by atoms with Crippen molar-refractivity contribution >= 4 is 23.1 Å². The van der Waals surface area contributed by atoms with Gasteiger partial charge >= 0.3 is 0 Å². The highest BCUT2D eigenvalue weighted by atomic mass is 32.2. The van der Waals surface area contributed by atoms with E-state index < -0.39 is 0 Å². The lowest BCUT2D eigenvalue weighted by atomic mass is 10.1. The van der Waals surface area contributed by atoms with Gasteiger partial charge in [0.15, 0.2) is 11.0 Å². The quantitative estimate of drug-likeness (QED) is 0.647. The van der Waals surface area contributed by atoms with Gasteiger partial charge in [-0.1, -0.05) is 17.8 Å². The van der Waals surface area contributed by atoms with Crippen LogP contribution in [0.2, 0.25) is 0 Å². The summed E-state index contributed by atoms with van der Waals surface area (Å²) in [4.78, 5) is 1.06. The summed E-state index contributed by atoms with van der Waals surface area (Å²) in [6.07, 6.45) is 0. The summed E-state index contributed by atoms with van der Waals surface area (Å²) in [5, 5.41) is 20.2. The third-order valence-corrected chi connectivity index (χ3v) is 5.19. The molecule has 1 aromatic carbocycles. The van der Waals surface area contributed by atoms with Gasteiger partial charge in [0.05, 0.1) is 16.5 Å². The molecular formula is C16H13FN4S2. The van der Waals surface area contributed by atoms with E-state index in [0.717, 1.165) is 22.4 Å². The molecule has 3 aromatic rings. The maximum absolute atomic E-state index is 13.9. The fraction of sp³-hybridized carbons (Fsp3) is 0.188. The molecule has 23 heavy (non-hydrogen) atoms. The Morgan fingerprint density at radius 2 is 2.22 bits per heavy atom. The van der Waals surface area contributed by atoms with Crippen molar-refractivity contribution in [2.24, 2.45) is 0 Å². The van der Waals surface area contributed by atoms with Crippen molar-refractivity contribution in [2.75, 3.05) is 0 Å². The number of hydrogen-bond acceptors (Lipinski definition) is 5. The molecule has 116 valence electrons. The SMILES string of the molecule is CCn1c(SCc2cc(C#N)ccc2F)nnc1-c1cccs1. The molecule has 0 N–H and O–H groups in total. The molecule has 0 radical (unpaired) electrons. The number of hydrogen-bond donors (Lipinski definition) is 0. The van der Waals surface area contributed by atoms with E-state index in [0.29, 0.717) is 16.9 Å². The summed E-state index contributed by atoms with van der Waals surface area (Å²) in [6.45, 7) is 2.77. The number of rotatable bonds is 5. The number of nitrogens with zero attached hydrogens (tertiary/aromatic N) is 4. The highest BCUT2D eigenvalue weighted by Gasteiger charge is 2.14. The van der Waals surface area contributed by atoms with Crippen LogP contribution in [0.25, 0.3) is 10.7 Å². The second kappa shape index (κ2) is 6.94. The molecule has 0 unspecified atom stereocenters. The van der Waals surface area contributed by atoms with Crippen LogP contribution in [-0.4, -0.2) is 14.8 Å². The maximum atomic E-state index is 13.9. The van der Waals surface area contributed by atoms with Crippen LogP contribution in [-0.2, 0) is 12.3 Å². The fourth-order valence-electron chi connectivity index (χ4n) is 2.17. The van der Waals surface area contributed by atoms with Gasteiger partial charge in [-0.05, 0) is 42.1 Å². The molecule has 2 heterocycles. The Bertz CT molecular complexity index is 850. The summed E-state index contributed by atoms with van der Waals surface area (Å²) < 4.78 is 15.9. The van der Waals surface area contributed by atoms with Crippen molar-refractivity contribution in [3.8, 4) is 16.8 Å². The summed E-state index contributed by atoms with van der Waals surface area (Å²) in [5.41, 5.74) is 0.954. The molecule has 0 saturated heterocycles. The van der Waals surface area contributed by atoms with Crippen LogP contribution in [0.1, 0.15) is 18.1 Å². The number of thiophene rings is 1.